The molecule has 3 rings (SSSR count). The van der Waals surface area contributed by atoms with Crippen LogP contribution in [0.2, 0.25) is 0 Å². The molecular formula is C17H23ClN2O. The summed E-state index contributed by atoms with van der Waals surface area (Å²) >= 11 is 5.97. The lowest BCUT2D eigenvalue weighted by Crippen LogP contribution is -2.31. The van der Waals surface area contributed by atoms with Crippen LogP contribution in [-0.4, -0.2) is 28.6 Å². The third-order valence-electron chi connectivity index (χ3n) is 4.54. The molecule has 4 heteroatoms. The number of aromatic nitrogens is 2. The van der Waals surface area contributed by atoms with E-state index in [-0.39, 0.29) is 5.41 Å². The minimum Gasteiger partial charge on any atom is -0.381 e. The molecule has 2 heterocycles. The quantitative estimate of drug-likeness (QED) is 0.800. The van der Waals surface area contributed by atoms with E-state index in [0.29, 0.717) is 5.88 Å². The second-order valence-electron chi connectivity index (χ2n) is 6.47. The summed E-state index contributed by atoms with van der Waals surface area (Å²) in [5, 5.41) is 0. The van der Waals surface area contributed by atoms with Gasteiger partial charge in [0.05, 0.1) is 11.0 Å². The Kier molecular flexibility index (Phi) is 4.23. The van der Waals surface area contributed by atoms with Gasteiger partial charge in [0.15, 0.2) is 0 Å². The lowest BCUT2D eigenvalue weighted by molar-refractivity contribution is 0.0157. The van der Waals surface area contributed by atoms with E-state index in [1.807, 2.05) is 0 Å². The number of aryl methyl sites for hydroxylation is 2. The summed E-state index contributed by atoms with van der Waals surface area (Å²) in [5.74, 6) is 1.72. The van der Waals surface area contributed by atoms with Crippen LogP contribution in [-0.2, 0) is 17.7 Å². The van der Waals surface area contributed by atoms with E-state index in [0.717, 1.165) is 50.4 Å². The lowest BCUT2D eigenvalue weighted by atomic mass is 9.82. The molecule has 1 aliphatic rings. The topological polar surface area (TPSA) is 27.1 Å². The van der Waals surface area contributed by atoms with Crippen molar-refractivity contribution < 1.29 is 4.74 Å². The Morgan fingerprint density at radius 3 is 2.81 bits per heavy atom. The average Bonchev–Trinajstić information content (AvgIpc) is 2.77. The summed E-state index contributed by atoms with van der Waals surface area (Å²) in [6.45, 7) is 7.23. The largest absolute Gasteiger partial charge is 0.381 e. The van der Waals surface area contributed by atoms with Crippen LogP contribution >= 0.6 is 11.6 Å². The number of benzene rings is 1. The number of fused-ring (bicyclic) bond motifs is 1. The minimum atomic E-state index is 0.288. The molecule has 0 spiro atoms. The van der Waals surface area contributed by atoms with Crippen molar-refractivity contribution in [3.05, 3.63) is 29.6 Å². The number of halogens is 1. The third kappa shape index (κ3) is 3.09. The predicted molar refractivity (Wildman–Crippen MR) is 87.1 cm³/mol. The van der Waals surface area contributed by atoms with Crippen molar-refractivity contribution in [3.63, 3.8) is 0 Å². The van der Waals surface area contributed by atoms with Gasteiger partial charge in [-0.25, -0.2) is 4.98 Å². The van der Waals surface area contributed by atoms with Crippen molar-refractivity contribution in [3.8, 4) is 0 Å². The maximum atomic E-state index is 5.97. The molecule has 0 atom stereocenters. The molecule has 1 aliphatic heterocycles. The Morgan fingerprint density at radius 2 is 2.10 bits per heavy atom. The lowest BCUT2D eigenvalue weighted by Gasteiger charge is -2.34. The number of imidazole rings is 1. The highest BCUT2D eigenvalue weighted by molar-refractivity contribution is 6.17. The van der Waals surface area contributed by atoms with Crippen LogP contribution < -0.4 is 0 Å². The maximum absolute atomic E-state index is 5.97. The number of alkyl halides is 1. The first-order chi connectivity index (χ1) is 10.1. The number of hydrogen-bond acceptors (Lipinski definition) is 2. The highest BCUT2D eigenvalue weighted by Crippen LogP contribution is 2.33. The summed E-state index contributed by atoms with van der Waals surface area (Å²) in [6.07, 6.45) is 3.04. The first-order valence-corrected chi connectivity index (χ1v) is 8.24. The van der Waals surface area contributed by atoms with Gasteiger partial charge in [-0.2, -0.15) is 0 Å². The Balaban J connectivity index is 2.01. The smallest absolute Gasteiger partial charge is 0.111 e. The van der Waals surface area contributed by atoms with Crippen molar-refractivity contribution in [1.82, 2.24) is 9.55 Å². The third-order valence-corrected chi connectivity index (χ3v) is 4.73. The van der Waals surface area contributed by atoms with E-state index < -0.39 is 0 Å². The predicted octanol–water partition coefficient (Wildman–Crippen LogP) is 3.94. The average molecular weight is 307 g/mol. The van der Waals surface area contributed by atoms with Gasteiger partial charge in [0.2, 0.25) is 0 Å². The zero-order chi connectivity index (χ0) is 14.9. The number of hydrogen-bond donors (Lipinski definition) is 0. The molecule has 0 aliphatic carbocycles. The van der Waals surface area contributed by atoms with Gasteiger partial charge in [0, 0.05) is 32.1 Å². The Labute approximate surface area is 131 Å². The Hall–Kier alpha value is -1.06. The maximum Gasteiger partial charge on any atom is 0.111 e. The molecule has 3 nitrogen and oxygen atoms in total. The molecule has 1 aromatic carbocycles. The molecule has 0 bridgehead atoms. The van der Waals surface area contributed by atoms with Crippen molar-refractivity contribution >= 4 is 22.6 Å². The molecule has 1 fully saturated rings. The van der Waals surface area contributed by atoms with Crippen molar-refractivity contribution in [2.24, 2.45) is 5.41 Å². The monoisotopic (exact) mass is 306 g/mol. The standard InChI is InChI=1S/C17H23ClN2O/c1-13-3-4-14-15(11-13)20(16(19-14)5-8-18)12-17(2)6-9-21-10-7-17/h3-4,11H,5-10,12H2,1-2H3. The van der Waals surface area contributed by atoms with Gasteiger partial charge in [-0.3, -0.25) is 0 Å². The van der Waals surface area contributed by atoms with Gasteiger partial charge in [0.1, 0.15) is 5.82 Å². The second-order valence-corrected chi connectivity index (χ2v) is 6.85. The SMILES string of the molecule is Cc1ccc2nc(CCCl)n(CC3(C)CCOCC3)c2c1. The van der Waals surface area contributed by atoms with Crippen LogP contribution in [0.4, 0.5) is 0 Å². The first kappa shape index (κ1) is 14.9. The van der Waals surface area contributed by atoms with Crippen molar-refractivity contribution in [2.45, 2.75) is 39.7 Å². The molecule has 1 saturated heterocycles. The van der Waals surface area contributed by atoms with E-state index in [1.165, 1.54) is 11.1 Å². The Bertz CT molecular complexity index is 629. The van der Waals surface area contributed by atoms with E-state index in [9.17, 15) is 0 Å². The summed E-state index contributed by atoms with van der Waals surface area (Å²) in [6, 6.07) is 6.48. The second kappa shape index (κ2) is 5.98. The van der Waals surface area contributed by atoms with E-state index in [2.05, 4.69) is 36.6 Å². The molecule has 0 amide bonds. The highest BCUT2D eigenvalue weighted by atomic mass is 35.5. The Morgan fingerprint density at radius 1 is 1.33 bits per heavy atom. The van der Waals surface area contributed by atoms with Crippen LogP contribution in [0.3, 0.4) is 0 Å². The molecule has 0 radical (unpaired) electrons. The normalized spacial score (nSPS) is 18.2. The number of ether oxygens (including phenoxy) is 1. The number of nitrogens with zero attached hydrogens (tertiary/aromatic N) is 2. The molecule has 114 valence electrons. The van der Waals surface area contributed by atoms with Gasteiger partial charge in [-0.1, -0.05) is 13.0 Å². The first-order valence-electron chi connectivity index (χ1n) is 7.71. The van der Waals surface area contributed by atoms with Crippen molar-refractivity contribution in [1.29, 1.82) is 0 Å². The van der Waals surface area contributed by atoms with Crippen LogP contribution in [0, 0.1) is 12.3 Å². The fraction of sp³-hybridized carbons (Fsp3) is 0.588. The van der Waals surface area contributed by atoms with Crippen LogP contribution in [0.25, 0.3) is 11.0 Å². The fourth-order valence-corrected chi connectivity index (χ4v) is 3.31. The van der Waals surface area contributed by atoms with E-state index in [1.54, 1.807) is 0 Å². The van der Waals surface area contributed by atoms with Crippen LogP contribution in [0.1, 0.15) is 31.2 Å². The zero-order valence-corrected chi connectivity index (χ0v) is 13.6. The fourth-order valence-electron chi connectivity index (χ4n) is 3.14. The molecule has 1 aromatic heterocycles. The van der Waals surface area contributed by atoms with Crippen LogP contribution in [0.15, 0.2) is 18.2 Å². The summed E-state index contributed by atoms with van der Waals surface area (Å²) < 4.78 is 7.91. The van der Waals surface area contributed by atoms with Gasteiger partial charge < -0.3 is 9.30 Å². The molecule has 0 saturated carbocycles. The summed E-state index contributed by atoms with van der Waals surface area (Å²) in [7, 11) is 0. The molecule has 0 unspecified atom stereocenters. The van der Waals surface area contributed by atoms with Crippen LogP contribution in [0.5, 0.6) is 0 Å². The molecule has 0 N–H and O–H groups in total. The molecule has 21 heavy (non-hydrogen) atoms. The molecular weight excluding hydrogens is 284 g/mol. The highest BCUT2D eigenvalue weighted by Gasteiger charge is 2.29. The van der Waals surface area contributed by atoms with Gasteiger partial charge in [0.25, 0.3) is 0 Å². The number of rotatable bonds is 4. The van der Waals surface area contributed by atoms with Gasteiger partial charge in [-0.05, 0) is 42.9 Å². The summed E-state index contributed by atoms with van der Waals surface area (Å²) in [4.78, 5) is 4.79. The van der Waals surface area contributed by atoms with E-state index in [4.69, 9.17) is 21.3 Å². The van der Waals surface area contributed by atoms with Gasteiger partial charge >= 0.3 is 0 Å². The zero-order valence-electron chi connectivity index (χ0n) is 12.9. The molecule has 2 aromatic rings. The summed E-state index contributed by atoms with van der Waals surface area (Å²) in [5.41, 5.74) is 3.88. The minimum absolute atomic E-state index is 0.288. The van der Waals surface area contributed by atoms with E-state index >= 15 is 0 Å². The van der Waals surface area contributed by atoms with Gasteiger partial charge in [-0.15, -0.1) is 11.6 Å². The van der Waals surface area contributed by atoms with Crippen molar-refractivity contribution in [2.75, 3.05) is 19.1 Å².